The highest BCUT2D eigenvalue weighted by molar-refractivity contribution is 5.58. The summed E-state index contributed by atoms with van der Waals surface area (Å²) in [5, 5.41) is 15.5. The summed E-state index contributed by atoms with van der Waals surface area (Å²) in [6.07, 6.45) is -15.7. The van der Waals surface area contributed by atoms with E-state index in [9.17, 15) is 36.5 Å². The largest absolute Gasteiger partial charge is 0.440 e. The van der Waals surface area contributed by atoms with E-state index < -0.39 is 41.3 Å². The molecule has 0 radical (unpaired) electrons. The van der Waals surface area contributed by atoms with E-state index in [1.165, 1.54) is 25.2 Å². The van der Waals surface area contributed by atoms with Gasteiger partial charge in [-0.05, 0) is 6.07 Å². The van der Waals surface area contributed by atoms with E-state index >= 15 is 0 Å². The summed E-state index contributed by atoms with van der Waals surface area (Å²) in [5.41, 5.74) is -0.268. The second-order valence-electron chi connectivity index (χ2n) is 5.03. The highest BCUT2D eigenvalue weighted by atomic mass is 19.4. The van der Waals surface area contributed by atoms with Gasteiger partial charge in [-0.15, -0.1) is 0 Å². The van der Waals surface area contributed by atoms with Gasteiger partial charge in [-0.1, -0.05) is 6.07 Å². The molecule has 0 saturated heterocycles. The molecule has 0 aliphatic heterocycles. The molecule has 0 saturated carbocycles. The van der Waals surface area contributed by atoms with Gasteiger partial charge in [0.05, 0.1) is 4.92 Å². The van der Waals surface area contributed by atoms with E-state index in [0.717, 1.165) is 6.07 Å². The number of alkyl halides is 6. The minimum absolute atomic E-state index is 0.0524. The molecule has 15 heteroatoms. The van der Waals surface area contributed by atoms with Gasteiger partial charge in [0.25, 0.3) is 11.8 Å². The molecular weight excluding hydrogens is 402 g/mol. The van der Waals surface area contributed by atoms with Gasteiger partial charge in [0, 0.05) is 24.9 Å². The fourth-order valence-electron chi connectivity index (χ4n) is 1.83. The smallest absolute Gasteiger partial charge is 0.434 e. The average molecular weight is 412 g/mol. The lowest BCUT2D eigenvalue weighted by Gasteiger charge is -2.22. The Hall–Kier alpha value is -3.39. The zero-order valence-corrected chi connectivity index (χ0v) is 13.7. The highest BCUT2D eigenvalue weighted by Gasteiger charge is 2.59. The van der Waals surface area contributed by atoms with Crippen LogP contribution in [-0.2, 0) is 0 Å². The molecule has 1 aromatic heterocycles. The fraction of sp³-hybridized carbons (Fsp3) is 0.308. The number of nitro benzene ring substituents is 1. The Balaban J connectivity index is 2.36. The number of aromatic nitrogens is 3. The van der Waals surface area contributed by atoms with Crippen LogP contribution in [0.1, 0.15) is 0 Å². The third-order valence-electron chi connectivity index (χ3n) is 2.97. The molecule has 0 unspecified atom stereocenters. The van der Waals surface area contributed by atoms with Crippen LogP contribution < -0.4 is 15.4 Å². The van der Waals surface area contributed by atoms with Gasteiger partial charge in [0.1, 0.15) is 0 Å². The van der Waals surface area contributed by atoms with Crippen LogP contribution in [0.15, 0.2) is 24.3 Å². The molecule has 2 rings (SSSR count). The van der Waals surface area contributed by atoms with Crippen molar-refractivity contribution in [2.75, 3.05) is 17.7 Å². The summed E-state index contributed by atoms with van der Waals surface area (Å²) in [4.78, 5) is 20.4. The van der Waals surface area contributed by atoms with Crippen LogP contribution in [-0.4, -0.2) is 45.4 Å². The van der Waals surface area contributed by atoms with Gasteiger partial charge in [0.15, 0.2) is 0 Å². The molecule has 152 valence electrons. The van der Waals surface area contributed by atoms with Crippen molar-refractivity contribution < 1.29 is 36.0 Å². The third-order valence-corrected chi connectivity index (χ3v) is 2.97. The number of non-ortho nitro benzene ring substituents is 1. The number of nitro groups is 1. The summed E-state index contributed by atoms with van der Waals surface area (Å²) in [7, 11) is 1.25. The van der Waals surface area contributed by atoms with Crippen molar-refractivity contribution in [3.8, 4) is 6.01 Å². The molecule has 0 atom stereocenters. The van der Waals surface area contributed by atoms with Crippen LogP contribution in [0.3, 0.4) is 0 Å². The summed E-state index contributed by atoms with van der Waals surface area (Å²) in [5.74, 6) is -0.904. The van der Waals surface area contributed by atoms with Crippen LogP contribution >= 0.6 is 0 Å². The summed E-state index contributed by atoms with van der Waals surface area (Å²) < 4.78 is 79.8. The van der Waals surface area contributed by atoms with Gasteiger partial charge < -0.3 is 15.4 Å². The number of nitrogens with zero attached hydrogens (tertiary/aromatic N) is 4. The van der Waals surface area contributed by atoms with Gasteiger partial charge >= 0.3 is 18.4 Å². The third kappa shape index (κ3) is 5.31. The van der Waals surface area contributed by atoms with E-state index in [0.29, 0.717) is 0 Å². The SMILES string of the molecule is CNc1nc(Nc2cccc([N+](=O)[O-])c2)nc(OC(C(F)(F)F)C(F)(F)F)n1. The summed E-state index contributed by atoms with van der Waals surface area (Å²) >= 11 is 0. The molecule has 0 amide bonds. The number of nitrogens with one attached hydrogen (secondary N) is 2. The predicted molar refractivity (Wildman–Crippen MR) is 82.3 cm³/mol. The molecule has 9 nitrogen and oxygen atoms in total. The zero-order valence-electron chi connectivity index (χ0n) is 13.7. The minimum atomic E-state index is -5.77. The van der Waals surface area contributed by atoms with E-state index in [4.69, 9.17) is 0 Å². The van der Waals surface area contributed by atoms with Crippen molar-refractivity contribution in [2.24, 2.45) is 0 Å². The van der Waals surface area contributed by atoms with Crippen molar-refractivity contribution in [3.63, 3.8) is 0 Å². The average Bonchev–Trinajstić information content (AvgIpc) is 2.57. The van der Waals surface area contributed by atoms with Crippen LogP contribution in [0.4, 0.5) is 49.6 Å². The lowest BCUT2D eigenvalue weighted by Crippen LogP contribution is -2.46. The van der Waals surface area contributed by atoms with E-state index in [-0.39, 0.29) is 11.4 Å². The van der Waals surface area contributed by atoms with E-state index in [2.05, 4.69) is 30.3 Å². The Morgan fingerprint density at radius 1 is 1.07 bits per heavy atom. The minimum Gasteiger partial charge on any atom is -0.440 e. The summed E-state index contributed by atoms with van der Waals surface area (Å²) in [6.45, 7) is 0. The Kier molecular flexibility index (Phi) is 5.75. The second kappa shape index (κ2) is 7.69. The number of rotatable bonds is 6. The van der Waals surface area contributed by atoms with Crippen molar-refractivity contribution in [1.82, 2.24) is 15.0 Å². The predicted octanol–water partition coefficient (Wildman–Crippen LogP) is 3.44. The summed E-state index contributed by atoms with van der Waals surface area (Å²) in [6, 6.07) is 3.60. The first kappa shape index (κ1) is 20.9. The molecule has 0 aliphatic carbocycles. The van der Waals surface area contributed by atoms with Gasteiger partial charge in [-0.2, -0.15) is 41.3 Å². The molecule has 0 bridgehead atoms. The van der Waals surface area contributed by atoms with Crippen molar-refractivity contribution >= 4 is 23.3 Å². The first-order valence-electron chi connectivity index (χ1n) is 7.15. The quantitative estimate of drug-likeness (QED) is 0.421. The molecule has 2 N–H and O–H groups in total. The van der Waals surface area contributed by atoms with Crippen molar-refractivity contribution in [1.29, 1.82) is 0 Å². The lowest BCUT2D eigenvalue weighted by atomic mass is 10.3. The molecular formula is C13H10F6N6O3. The lowest BCUT2D eigenvalue weighted by molar-refractivity contribution is -0.384. The maximum Gasteiger partial charge on any atom is 0.434 e. The molecule has 0 spiro atoms. The molecule has 0 aliphatic rings. The topological polar surface area (TPSA) is 115 Å². The second-order valence-corrected chi connectivity index (χ2v) is 5.03. The Labute approximate surface area is 151 Å². The monoisotopic (exact) mass is 412 g/mol. The fourth-order valence-corrected chi connectivity index (χ4v) is 1.83. The van der Waals surface area contributed by atoms with Crippen LogP contribution in [0, 0.1) is 10.1 Å². The van der Waals surface area contributed by atoms with Crippen molar-refractivity contribution in [2.45, 2.75) is 18.5 Å². The number of anilines is 3. The first-order valence-corrected chi connectivity index (χ1v) is 7.15. The molecule has 28 heavy (non-hydrogen) atoms. The Morgan fingerprint density at radius 3 is 2.21 bits per heavy atom. The normalized spacial score (nSPS) is 12.0. The van der Waals surface area contributed by atoms with Gasteiger partial charge in [-0.25, -0.2) is 0 Å². The Morgan fingerprint density at radius 2 is 1.68 bits per heavy atom. The number of hydrogen-bond acceptors (Lipinski definition) is 8. The molecule has 2 aromatic rings. The molecule has 1 heterocycles. The number of benzene rings is 1. The highest BCUT2D eigenvalue weighted by Crippen LogP contribution is 2.36. The molecule has 1 aromatic carbocycles. The number of halogens is 6. The van der Waals surface area contributed by atoms with Gasteiger partial charge in [0.2, 0.25) is 11.9 Å². The number of hydrogen-bond donors (Lipinski definition) is 2. The van der Waals surface area contributed by atoms with Crippen LogP contribution in [0.25, 0.3) is 0 Å². The van der Waals surface area contributed by atoms with E-state index in [1.807, 2.05) is 0 Å². The van der Waals surface area contributed by atoms with Crippen molar-refractivity contribution in [3.05, 3.63) is 34.4 Å². The first-order chi connectivity index (χ1) is 12.9. The Bertz CT molecular complexity index is 845. The van der Waals surface area contributed by atoms with Gasteiger partial charge in [-0.3, -0.25) is 10.1 Å². The maximum atomic E-state index is 12.6. The van der Waals surface area contributed by atoms with Crippen LogP contribution in [0.2, 0.25) is 0 Å². The maximum absolute atomic E-state index is 12.6. The molecule has 0 fully saturated rings. The number of ether oxygens (including phenoxy) is 1. The standard InChI is InChI=1S/C13H10F6N6O3/c1-20-9-22-10(21-6-3-2-4-7(5-6)25(26)27)24-11(23-9)28-8(12(14,15)16)13(17,18)19/h2-5,8H,1H3,(H2,20,21,22,23,24). The van der Waals surface area contributed by atoms with Crippen LogP contribution in [0.5, 0.6) is 6.01 Å². The van der Waals surface area contributed by atoms with E-state index in [1.54, 1.807) is 0 Å². The zero-order chi connectivity index (χ0) is 21.1.